The van der Waals surface area contributed by atoms with Crippen LogP contribution in [0.1, 0.15) is 28.1 Å². The molecule has 0 atom stereocenters. The van der Waals surface area contributed by atoms with Gasteiger partial charge in [0.25, 0.3) is 5.91 Å². The average molecular weight is 373 g/mol. The molecule has 0 radical (unpaired) electrons. The van der Waals surface area contributed by atoms with Crippen LogP contribution in [0.25, 0.3) is 0 Å². The Kier molecular flexibility index (Phi) is 6.13. The molecule has 7 nitrogen and oxygen atoms in total. The summed E-state index contributed by atoms with van der Waals surface area (Å²) in [6.07, 6.45) is 1.89. The minimum absolute atomic E-state index is 0.000746. The second-order valence-electron chi connectivity index (χ2n) is 6.51. The number of hydrogen-bond acceptors (Lipinski definition) is 5. The molecular weight excluding hydrogens is 350 g/mol. The van der Waals surface area contributed by atoms with Crippen molar-refractivity contribution in [1.82, 2.24) is 4.90 Å². The van der Waals surface area contributed by atoms with E-state index >= 15 is 0 Å². The second-order valence-corrected chi connectivity index (χ2v) is 6.51. The molecule has 1 aliphatic heterocycles. The fourth-order valence-corrected chi connectivity index (χ4v) is 2.94. The number of hydrogen-bond donors (Lipinski definition) is 1. The zero-order valence-corrected chi connectivity index (χ0v) is 15.2. The van der Waals surface area contributed by atoms with Gasteiger partial charge in [-0.05, 0) is 19.1 Å². The molecule has 3 rings (SSSR count). The van der Waals surface area contributed by atoms with E-state index in [1.54, 1.807) is 11.8 Å². The van der Waals surface area contributed by atoms with Crippen LogP contribution < -0.4 is 4.74 Å². The van der Waals surface area contributed by atoms with Crippen LogP contribution in [0.2, 0.25) is 0 Å². The van der Waals surface area contributed by atoms with Crippen LogP contribution in [0.4, 0.5) is 0 Å². The summed E-state index contributed by atoms with van der Waals surface area (Å²) in [4.78, 5) is 25.1. The highest BCUT2D eigenvalue weighted by molar-refractivity contribution is 5.98. The van der Waals surface area contributed by atoms with Gasteiger partial charge in [-0.2, -0.15) is 0 Å². The molecule has 1 saturated heterocycles. The molecule has 144 valence electrons. The summed E-state index contributed by atoms with van der Waals surface area (Å²) in [5, 5.41) is 8.93. The summed E-state index contributed by atoms with van der Waals surface area (Å²) in [6, 6.07) is 9.61. The molecule has 0 spiro atoms. The molecule has 27 heavy (non-hydrogen) atoms. The summed E-state index contributed by atoms with van der Waals surface area (Å²) in [5.74, 6) is -0.191. The highest BCUT2D eigenvalue weighted by Crippen LogP contribution is 2.23. The van der Waals surface area contributed by atoms with Crippen molar-refractivity contribution in [2.75, 3.05) is 26.3 Å². The number of amides is 1. The van der Waals surface area contributed by atoms with Crippen molar-refractivity contribution >= 4 is 11.9 Å². The first-order chi connectivity index (χ1) is 13.0. The molecule has 1 aliphatic rings. The number of nitrogens with zero attached hydrogens (tertiary/aromatic N) is 1. The van der Waals surface area contributed by atoms with Crippen LogP contribution in [-0.2, 0) is 16.0 Å². The summed E-state index contributed by atoms with van der Waals surface area (Å²) in [5.41, 5.74) is 1.01. The molecule has 0 aliphatic carbocycles. The molecule has 2 aromatic rings. The Hall–Kier alpha value is -2.80. The number of para-hydroxylation sites is 1. The topological polar surface area (TPSA) is 89.2 Å². The van der Waals surface area contributed by atoms with Crippen molar-refractivity contribution in [3.05, 3.63) is 53.5 Å². The van der Waals surface area contributed by atoms with Gasteiger partial charge >= 0.3 is 5.97 Å². The maximum absolute atomic E-state index is 12.6. The normalized spacial score (nSPS) is 14.0. The van der Waals surface area contributed by atoms with Gasteiger partial charge in [-0.1, -0.05) is 18.2 Å². The van der Waals surface area contributed by atoms with Crippen molar-refractivity contribution in [1.29, 1.82) is 0 Å². The van der Waals surface area contributed by atoms with Gasteiger partial charge in [0.2, 0.25) is 0 Å². The highest BCUT2D eigenvalue weighted by Gasteiger charge is 2.34. The van der Waals surface area contributed by atoms with Gasteiger partial charge in [-0.15, -0.1) is 0 Å². The molecular formula is C20H23NO6. The highest BCUT2D eigenvalue weighted by atomic mass is 16.5. The summed E-state index contributed by atoms with van der Waals surface area (Å²) in [7, 11) is 0. The van der Waals surface area contributed by atoms with Crippen LogP contribution in [0.15, 0.2) is 41.0 Å². The molecule has 1 aromatic heterocycles. The molecule has 1 amide bonds. The molecule has 7 heteroatoms. The number of likely N-dealkylation sites (tertiary alicyclic amines) is 1. The first-order valence-electron chi connectivity index (χ1n) is 8.92. The number of carbonyl (C=O) groups is 2. The third kappa shape index (κ3) is 4.89. The fraction of sp³-hybridized carbons (Fsp3) is 0.400. The number of carbonyl (C=O) groups excluding carboxylic acids is 1. The van der Waals surface area contributed by atoms with Crippen molar-refractivity contribution in [3.8, 4) is 5.75 Å². The van der Waals surface area contributed by atoms with E-state index in [2.05, 4.69) is 0 Å². The quantitative estimate of drug-likeness (QED) is 0.680. The monoisotopic (exact) mass is 373 g/mol. The van der Waals surface area contributed by atoms with Crippen molar-refractivity contribution in [3.63, 3.8) is 0 Å². The molecule has 0 bridgehead atoms. The number of ether oxygens (including phenoxy) is 2. The number of carboxylic acid groups (broad SMARTS) is 1. The van der Waals surface area contributed by atoms with Gasteiger partial charge in [0, 0.05) is 25.1 Å². The van der Waals surface area contributed by atoms with Crippen molar-refractivity contribution < 1.29 is 28.6 Å². The van der Waals surface area contributed by atoms with E-state index in [1.807, 2.05) is 30.3 Å². The van der Waals surface area contributed by atoms with E-state index in [1.165, 1.54) is 6.26 Å². The Morgan fingerprint density at radius 2 is 1.96 bits per heavy atom. The smallest absolute Gasteiger partial charge is 0.311 e. The maximum Gasteiger partial charge on any atom is 0.311 e. The third-order valence-corrected chi connectivity index (χ3v) is 4.37. The first-order valence-corrected chi connectivity index (χ1v) is 8.92. The third-order valence-electron chi connectivity index (χ3n) is 4.37. The van der Waals surface area contributed by atoms with E-state index in [4.69, 9.17) is 19.0 Å². The van der Waals surface area contributed by atoms with E-state index in [0.717, 1.165) is 12.2 Å². The van der Waals surface area contributed by atoms with Gasteiger partial charge in [0.15, 0.2) is 0 Å². The number of aryl methyl sites for hydroxylation is 1. The standard InChI is InChI=1S/C20H23NO6/c1-14-13-27-17(10-18(22)23)19(14)20(24)21-11-16(12-21)26-9-5-8-25-15-6-3-2-4-7-15/h2-4,6-7,13,16H,5,8-12H2,1H3,(H,22,23). The lowest BCUT2D eigenvalue weighted by Gasteiger charge is -2.39. The molecule has 1 aromatic carbocycles. The number of aliphatic carboxylic acids is 1. The Labute approximate surface area is 157 Å². The SMILES string of the molecule is Cc1coc(CC(=O)O)c1C(=O)N1CC(OCCCOc2ccccc2)C1. The first kappa shape index (κ1) is 19.0. The van der Waals surface area contributed by atoms with Crippen LogP contribution in [-0.4, -0.2) is 54.3 Å². The van der Waals surface area contributed by atoms with E-state index in [9.17, 15) is 9.59 Å². The Morgan fingerprint density at radius 1 is 1.22 bits per heavy atom. The minimum atomic E-state index is -1.03. The minimum Gasteiger partial charge on any atom is -0.494 e. The predicted molar refractivity (Wildman–Crippen MR) is 97.0 cm³/mol. The van der Waals surface area contributed by atoms with E-state index in [0.29, 0.717) is 37.4 Å². The lowest BCUT2D eigenvalue weighted by molar-refractivity contribution is -0.136. The summed E-state index contributed by atoms with van der Waals surface area (Å²) < 4.78 is 16.6. The molecule has 1 N–H and O–H groups in total. The largest absolute Gasteiger partial charge is 0.494 e. The Morgan fingerprint density at radius 3 is 2.67 bits per heavy atom. The summed E-state index contributed by atoms with van der Waals surface area (Å²) in [6.45, 7) is 3.87. The fourth-order valence-electron chi connectivity index (χ4n) is 2.94. The molecule has 0 unspecified atom stereocenters. The second kappa shape index (κ2) is 8.73. The van der Waals surface area contributed by atoms with E-state index in [-0.39, 0.29) is 24.2 Å². The van der Waals surface area contributed by atoms with Gasteiger partial charge in [0.05, 0.1) is 31.1 Å². The van der Waals surface area contributed by atoms with Gasteiger partial charge < -0.3 is 23.9 Å². The van der Waals surface area contributed by atoms with Crippen LogP contribution in [0, 0.1) is 6.92 Å². The lowest BCUT2D eigenvalue weighted by atomic mass is 10.0. The zero-order chi connectivity index (χ0) is 19.2. The Bertz CT molecular complexity index is 779. The van der Waals surface area contributed by atoms with Crippen molar-refractivity contribution in [2.45, 2.75) is 25.9 Å². The van der Waals surface area contributed by atoms with Crippen LogP contribution >= 0.6 is 0 Å². The Balaban J connectivity index is 1.38. The summed E-state index contributed by atoms with van der Waals surface area (Å²) >= 11 is 0. The maximum atomic E-state index is 12.6. The van der Waals surface area contributed by atoms with Gasteiger partial charge in [-0.3, -0.25) is 9.59 Å². The predicted octanol–water partition coefficient (Wildman–Crippen LogP) is 2.53. The lowest BCUT2D eigenvalue weighted by Crippen LogP contribution is -2.55. The average Bonchev–Trinajstić information content (AvgIpc) is 2.96. The molecule has 1 fully saturated rings. The number of furan rings is 1. The van der Waals surface area contributed by atoms with Crippen molar-refractivity contribution in [2.24, 2.45) is 0 Å². The van der Waals surface area contributed by atoms with E-state index < -0.39 is 5.97 Å². The van der Waals surface area contributed by atoms with Crippen LogP contribution in [0.5, 0.6) is 5.75 Å². The molecule has 2 heterocycles. The number of benzene rings is 1. The molecule has 0 saturated carbocycles. The van der Waals surface area contributed by atoms with Gasteiger partial charge in [0.1, 0.15) is 17.9 Å². The number of rotatable bonds is 9. The zero-order valence-electron chi connectivity index (χ0n) is 15.2. The number of carboxylic acids is 1. The van der Waals surface area contributed by atoms with Gasteiger partial charge in [-0.25, -0.2) is 0 Å². The van der Waals surface area contributed by atoms with Crippen LogP contribution in [0.3, 0.4) is 0 Å².